The van der Waals surface area contributed by atoms with E-state index in [0.717, 1.165) is 0 Å². The lowest BCUT2D eigenvalue weighted by molar-refractivity contribution is 0.590. The highest BCUT2D eigenvalue weighted by molar-refractivity contribution is 7.94. The van der Waals surface area contributed by atoms with E-state index in [-0.39, 0.29) is 10.8 Å². The van der Waals surface area contributed by atoms with E-state index in [2.05, 4.69) is 90.1 Å². The van der Waals surface area contributed by atoms with Crippen molar-refractivity contribution >= 4 is 26.0 Å². The molecule has 22 heavy (non-hydrogen) atoms. The first-order valence-corrected chi connectivity index (χ1v) is 9.51. The van der Waals surface area contributed by atoms with Crippen molar-refractivity contribution < 1.29 is 0 Å². The molecular formula is C20H27BP. The fourth-order valence-corrected chi connectivity index (χ4v) is 3.85. The van der Waals surface area contributed by atoms with Gasteiger partial charge >= 0.3 is 0 Å². The summed E-state index contributed by atoms with van der Waals surface area (Å²) in [7, 11) is 5.37. The maximum absolute atomic E-state index is 6.54. The summed E-state index contributed by atoms with van der Waals surface area (Å²) in [5, 5.41) is 2.53. The zero-order chi connectivity index (χ0) is 16.5. The summed E-state index contributed by atoms with van der Waals surface area (Å²) in [5.41, 5.74) is 3.09. The quantitative estimate of drug-likeness (QED) is 0.565. The fourth-order valence-electron chi connectivity index (χ4n) is 2.47. The molecular weight excluding hydrogens is 282 g/mol. The van der Waals surface area contributed by atoms with Gasteiger partial charge in [0.05, 0.1) is 0 Å². The van der Waals surface area contributed by atoms with E-state index in [1.807, 2.05) is 0 Å². The van der Waals surface area contributed by atoms with Crippen LogP contribution in [-0.2, 0) is 10.8 Å². The minimum absolute atomic E-state index is 0.189. The van der Waals surface area contributed by atoms with Gasteiger partial charge in [0.15, 0.2) is 0 Å². The summed E-state index contributed by atoms with van der Waals surface area (Å²) < 4.78 is 0. The third kappa shape index (κ3) is 4.02. The Morgan fingerprint density at radius 3 is 1.09 bits per heavy atom. The van der Waals surface area contributed by atoms with Crippen molar-refractivity contribution in [1.29, 1.82) is 0 Å². The molecule has 0 unspecified atom stereocenters. The predicted molar refractivity (Wildman–Crippen MR) is 104 cm³/mol. The molecule has 2 rings (SSSR count). The first-order valence-electron chi connectivity index (χ1n) is 7.93. The first-order chi connectivity index (χ1) is 10.1. The second-order valence-electron chi connectivity index (χ2n) is 8.07. The maximum atomic E-state index is 6.54. The summed E-state index contributed by atoms with van der Waals surface area (Å²) in [6.45, 7) is 13.4. The molecule has 0 nitrogen and oxygen atoms in total. The minimum Gasteiger partial charge on any atom is -0.295 e. The van der Waals surface area contributed by atoms with Crippen LogP contribution in [0.1, 0.15) is 52.7 Å². The number of hydrogen-bond donors (Lipinski definition) is 0. The molecule has 2 aromatic carbocycles. The largest absolute Gasteiger partial charge is 0.295 e. The second-order valence-corrected chi connectivity index (χ2v) is 10.1. The van der Waals surface area contributed by atoms with Gasteiger partial charge in [0.1, 0.15) is 0 Å². The van der Waals surface area contributed by atoms with Crippen LogP contribution in [0.3, 0.4) is 0 Å². The maximum Gasteiger partial charge on any atom is 0.0444 e. The van der Waals surface area contributed by atoms with Gasteiger partial charge in [0.25, 0.3) is 0 Å². The third-order valence-corrected chi connectivity index (χ3v) is 6.03. The molecule has 0 heterocycles. The third-order valence-electron chi connectivity index (χ3n) is 4.12. The lowest BCUT2D eigenvalue weighted by Gasteiger charge is -2.23. The van der Waals surface area contributed by atoms with Crippen molar-refractivity contribution in [1.82, 2.24) is 0 Å². The Labute approximate surface area is 138 Å². The summed E-state index contributed by atoms with van der Waals surface area (Å²) in [6, 6.07) is 17.7. The molecule has 0 bridgehead atoms. The Balaban J connectivity index is 2.23. The standard InChI is InChI=1S/C20H27BP/c1-19(2,3)15-7-11-17(12-8-15)22(21)18-13-9-16(10-14-18)20(4,5)6/h7-14,22H,1-6H3. The smallest absolute Gasteiger partial charge is 0.0444 e. The SMILES string of the molecule is [B-][PH+](c1ccc(C(C)(C)C)cc1)c1ccc(C(C)(C)C)cc1. The van der Waals surface area contributed by atoms with Crippen molar-refractivity contribution in [2.24, 2.45) is 0 Å². The van der Waals surface area contributed by atoms with Crippen molar-refractivity contribution in [3.8, 4) is 0 Å². The van der Waals surface area contributed by atoms with Gasteiger partial charge in [-0.25, -0.2) is 0 Å². The zero-order valence-electron chi connectivity index (χ0n) is 14.7. The number of hydrogen-bond acceptors (Lipinski definition) is 0. The highest BCUT2D eigenvalue weighted by Crippen LogP contribution is 2.30. The van der Waals surface area contributed by atoms with Gasteiger partial charge in [-0.05, 0) is 46.2 Å². The lowest BCUT2D eigenvalue weighted by atomic mass is 9.87. The molecule has 0 aliphatic carbocycles. The first kappa shape index (κ1) is 17.3. The van der Waals surface area contributed by atoms with Gasteiger partial charge in [0, 0.05) is 10.6 Å². The van der Waals surface area contributed by atoms with E-state index in [0.29, 0.717) is 0 Å². The molecule has 0 aliphatic heterocycles. The molecule has 0 saturated carbocycles. The average molecular weight is 309 g/mol. The van der Waals surface area contributed by atoms with Crippen LogP contribution in [0.4, 0.5) is 0 Å². The Morgan fingerprint density at radius 1 is 0.591 bits per heavy atom. The van der Waals surface area contributed by atoms with Crippen molar-refractivity contribution in [3.05, 3.63) is 59.7 Å². The zero-order valence-corrected chi connectivity index (χ0v) is 15.7. The Kier molecular flexibility index (Phi) is 4.88. The van der Waals surface area contributed by atoms with Gasteiger partial charge in [0.2, 0.25) is 0 Å². The van der Waals surface area contributed by atoms with E-state index >= 15 is 0 Å². The Hall–Kier alpha value is -1.07. The Bertz CT molecular complexity index is 555. The van der Waals surface area contributed by atoms with Crippen molar-refractivity contribution in [3.63, 3.8) is 0 Å². The molecule has 0 aliphatic rings. The Morgan fingerprint density at radius 2 is 0.864 bits per heavy atom. The lowest BCUT2D eigenvalue weighted by Crippen LogP contribution is -2.16. The fraction of sp³-hybridized carbons (Fsp3) is 0.400. The normalized spacial score (nSPS) is 12.7. The summed E-state index contributed by atoms with van der Waals surface area (Å²) in [6.07, 6.45) is 0. The van der Waals surface area contributed by atoms with Crippen LogP contribution in [0.15, 0.2) is 48.5 Å². The van der Waals surface area contributed by atoms with Crippen LogP contribution in [0, 0.1) is 0 Å². The summed E-state index contributed by atoms with van der Waals surface area (Å²) in [5.74, 6) is 0. The van der Waals surface area contributed by atoms with Gasteiger partial charge < -0.3 is 0 Å². The number of benzene rings is 2. The molecule has 0 N–H and O–H groups in total. The van der Waals surface area contributed by atoms with Crippen molar-refractivity contribution in [2.75, 3.05) is 0 Å². The van der Waals surface area contributed by atoms with Crippen LogP contribution in [0.25, 0.3) is 0 Å². The molecule has 3 radical (unpaired) electrons. The minimum atomic E-state index is -1.17. The van der Waals surface area contributed by atoms with Crippen LogP contribution in [-0.4, -0.2) is 7.57 Å². The van der Waals surface area contributed by atoms with Gasteiger partial charge in [-0.3, -0.25) is 7.57 Å². The van der Waals surface area contributed by atoms with Gasteiger partial charge in [-0.15, -0.1) is 0 Å². The van der Waals surface area contributed by atoms with E-state index in [4.69, 9.17) is 7.57 Å². The van der Waals surface area contributed by atoms with Crippen molar-refractivity contribution in [2.45, 2.75) is 52.4 Å². The van der Waals surface area contributed by atoms with E-state index in [9.17, 15) is 0 Å². The van der Waals surface area contributed by atoms with Crippen LogP contribution in [0.5, 0.6) is 0 Å². The molecule has 0 amide bonds. The summed E-state index contributed by atoms with van der Waals surface area (Å²) in [4.78, 5) is 0. The average Bonchev–Trinajstić information content (AvgIpc) is 2.45. The van der Waals surface area contributed by atoms with E-state index in [1.165, 1.54) is 21.7 Å². The highest BCUT2D eigenvalue weighted by Gasteiger charge is 2.16. The van der Waals surface area contributed by atoms with Crippen LogP contribution < -0.4 is 10.6 Å². The molecule has 0 spiro atoms. The molecule has 115 valence electrons. The van der Waals surface area contributed by atoms with Gasteiger partial charge in [-0.2, -0.15) is 7.80 Å². The van der Waals surface area contributed by atoms with Crippen LogP contribution >= 0.6 is 7.80 Å². The van der Waals surface area contributed by atoms with Crippen LogP contribution in [0.2, 0.25) is 0 Å². The summed E-state index contributed by atoms with van der Waals surface area (Å²) >= 11 is 0. The molecule has 0 atom stereocenters. The molecule has 2 aromatic rings. The van der Waals surface area contributed by atoms with E-state index < -0.39 is 7.80 Å². The molecule has 0 aromatic heterocycles. The predicted octanol–water partition coefficient (Wildman–Crippen LogP) is 4.53. The van der Waals surface area contributed by atoms with E-state index in [1.54, 1.807) is 0 Å². The topological polar surface area (TPSA) is 0 Å². The molecule has 0 saturated heterocycles. The van der Waals surface area contributed by atoms with Gasteiger partial charge in [-0.1, -0.05) is 65.8 Å². The molecule has 0 fully saturated rings. The number of rotatable bonds is 2. The monoisotopic (exact) mass is 309 g/mol. The second kappa shape index (κ2) is 6.21. The molecule has 2 heteroatoms. The highest BCUT2D eigenvalue weighted by atomic mass is 31.1.